The second-order valence-electron chi connectivity index (χ2n) is 23.8. The molecule has 0 aliphatic carbocycles. The van der Waals surface area contributed by atoms with Crippen LogP contribution in [0.15, 0.2) is 0 Å². The van der Waals surface area contributed by atoms with Crippen LogP contribution in [0.1, 0.15) is 95.4 Å². The number of phosphoric acid groups is 4. The summed E-state index contributed by atoms with van der Waals surface area (Å²) in [6, 6.07) is -3.63. The van der Waals surface area contributed by atoms with E-state index in [1.54, 1.807) is 27.7 Å². The third kappa shape index (κ3) is 30.3. The van der Waals surface area contributed by atoms with Crippen molar-refractivity contribution in [3.63, 3.8) is 0 Å². The molecule has 0 bridgehead atoms. The number of phosphoric ester groups is 4. The molecule has 38 nitrogen and oxygen atoms in total. The Morgan fingerprint density at radius 1 is 0.696 bits per heavy atom. The first-order valence-corrected chi connectivity index (χ1v) is 37.5. The summed E-state index contributed by atoms with van der Waals surface area (Å²) in [5, 5.41) is 76.7. The summed E-state index contributed by atoms with van der Waals surface area (Å²) in [7, 11) is -23.9. The number of carbonyl (C=O) groups is 2. The molecule has 0 saturated carbocycles. The van der Waals surface area contributed by atoms with Crippen molar-refractivity contribution in [2.24, 2.45) is 11.3 Å². The summed E-state index contributed by atoms with van der Waals surface area (Å²) in [5.74, 6) is -2.59. The fourth-order valence-corrected chi connectivity index (χ4v) is 15.3. The molecule has 0 aromatic rings. The van der Waals surface area contributed by atoms with E-state index in [1.165, 1.54) is 42.5 Å². The van der Waals surface area contributed by atoms with Gasteiger partial charge in [0.2, 0.25) is 11.8 Å². The highest BCUT2D eigenvalue weighted by Crippen LogP contribution is 2.53. The molecule has 542 valence electrons. The second kappa shape index (κ2) is 38.0. The van der Waals surface area contributed by atoms with E-state index in [4.69, 9.17) is 77.6 Å². The third-order valence-electron chi connectivity index (χ3n) is 13.4. The van der Waals surface area contributed by atoms with E-state index >= 15 is 0 Å². The highest BCUT2D eigenvalue weighted by Gasteiger charge is 2.50. The van der Waals surface area contributed by atoms with Gasteiger partial charge in [-0.3, -0.25) is 50.0 Å². The molecular weight excluding hydrogens is 1390 g/mol. The van der Waals surface area contributed by atoms with Gasteiger partial charge in [0.15, 0.2) is 27.9 Å². The number of nitrogens with one attached hydrogen (secondary N) is 2. The molecule has 23 atom stereocenters. The molecule has 3 aliphatic heterocycles. The quantitative estimate of drug-likeness (QED) is 0.0121. The van der Waals surface area contributed by atoms with Crippen LogP contribution >= 0.6 is 60.6 Å². The van der Waals surface area contributed by atoms with Crippen LogP contribution in [0.2, 0.25) is 0 Å². The molecule has 0 aromatic carbocycles. The number of aliphatic hydroxyl groups is 7. The number of carbonyl (C=O) groups excluding carboxylic acids is 2. The Kier molecular flexibility index (Phi) is 35.5. The molecule has 14 N–H and O–H groups in total. The summed E-state index contributed by atoms with van der Waals surface area (Å²) in [4.78, 5) is 76.4. The number of aliphatic hydroxyl groups excluding tert-OH is 7. The van der Waals surface area contributed by atoms with E-state index < -0.39 is 239 Å². The van der Waals surface area contributed by atoms with Crippen molar-refractivity contribution in [1.82, 2.24) is 10.6 Å². The van der Waals surface area contributed by atoms with Gasteiger partial charge in [0.25, 0.3) is 0 Å². The van der Waals surface area contributed by atoms with Crippen LogP contribution in [0.5, 0.6) is 0 Å². The van der Waals surface area contributed by atoms with Crippen LogP contribution < -0.4 is 10.6 Å². The molecule has 0 radical (unpaired) electrons. The Labute approximate surface area is 540 Å². The molecule has 3 fully saturated rings. The van der Waals surface area contributed by atoms with Crippen molar-refractivity contribution >= 4 is 80.3 Å². The number of ether oxygens (including phenoxy) is 6. The highest BCUT2D eigenvalue weighted by atomic mass is 32.2. The zero-order valence-corrected chi connectivity index (χ0v) is 59.2. The van der Waals surface area contributed by atoms with Gasteiger partial charge in [-0.05, 0) is 67.2 Å². The fourth-order valence-electron chi connectivity index (χ4n) is 9.61. The standard InChI is InChI=1S/C46H93BN2O36P6S/c1-12-13-72-89(63,64)82-28(5)69-20-46(23-75-88(61,62)74-18-31-39(81-87(59)60)38(58)40(47)77-31,22-71-86-85-91(67,68)73-17-25(2)14-43(6,7)80-41-32(48-26(3)52)36(56)34(54)29(15-50)78-41)21-70-44(8,9)19-45(10,11)84-90(65,66)76-24-92-83-42-33(49-27(4)53)37(57)35(55)30(16-51)79-42/h25,28-42,50-51,54-58,86-87H,12-24,47H2,1-11H3,(H,48,52)(H,49,53)(H,59,60)(H,61,62)(H,63,64)(H,65,66)(H,67,68)/t25?,28?,29?,30?,31-,32?,33?,34?,35?,36?,37?,38?,39-,40-,41?,42?,46?/m1/s1. The number of hydrogen-bond donors (Lipinski definition) is 14. The Balaban J connectivity index is 1.88. The molecule has 3 saturated heterocycles. The predicted octanol–water partition coefficient (Wildman–Crippen LogP) is -0.414. The average molecular weight is 1480 g/mol. The minimum Gasteiger partial charge on any atom is -0.394 e. The van der Waals surface area contributed by atoms with Gasteiger partial charge in [-0.2, -0.15) is 0 Å². The van der Waals surface area contributed by atoms with Crippen molar-refractivity contribution in [3.05, 3.63) is 0 Å². The largest absolute Gasteiger partial charge is 0.477 e. The molecule has 3 aliphatic rings. The maximum absolute atomic E-state index is 13.7. The van der Waals surface area contributed by atoms with Gasteiger partial charge in [0, 0.05) is 32.3 Å². The van der Waals surface area contributed by atoms with Crippen molar-refractivity contribution in [2.45, 2.75) is 204 Å². The van der Waals surface area contributed by atoms with Crippen LogP contribution in [0.4, 0.5) is 0 Å². The predicted molar refractivity (Wildman–Crippen MR) is 321 cm³/mol. The molecular formula is C46H93BN2O36P6S. The first-order chi connectivity index (χ1) is 42.3. The second-order valence-corrected chi connectivity index (χ2v) is 31.9. The highest BCUT2D eigenvalue weighted by molar-refractivity contribution is 7.94. The number of amides is 2. The lowest BCUT2D eigenvalue weighted by molar-refractivity contribution is -0.297. The molecule has 0 spiro atoms. The van der Waals surface area contributed by atoms with Crippen LogP contribution in [-0.4, -0.2) is 254 Å². The van der Waals surface area contributed by atoms with Gasteiger partial charge >= 0.3 is 39.5 Å². The van der Waals surface area contributed by atoms with Gasteiger partial charge in [-0.1, -0.05) is 13.8 Å². The first-order valence-electron chi connectivity index (χ1n) is 28.5. The van der Waals surface area contributed by atoms with Crippen molar-refractivity contribution in [2.75, 3.05) is 65.4 Å². The van der Waals surface area contributed by atoms with Crippen molar-refractivity contribution < 1.29 is 170 Å². The van der Waals surface area contributed by atoms with E-state index in [0.717, 1.165) is 13.8 Å². The zero-order chi connectivity index (χ0) is 70.0. The van der Waals surface area contributed by atoms with Crippen molar-refractivity contribution in [3.8, 4) is 0 Å². The minimum atomic E-state index is -5.33. The number of hydrogen-bond acceptors (Lipinski definition) is 32. The lowest BCUT2D eigenvalue weighted by atomic mass is 9.89. The smallest absolute Gasteiger partial charge is 0.394 e. The summed E-state index contributed by atoms with van der Waals surface area (Å²) >= 11 is 0.377. The lowest BCUT2D eigenvalue weighted by Gasteiger charge is -2.45. The normalized spacial score (nSPS) is 31.2. The third-order valence-corrected chi connectivity index (χ3v) is 19.7. The number of rotatable bonds is 44. The van der Waals surface area contributed by atoms with Gasteiger partial charge in [0.1, 0.15) is 80.8 Å². The maximum Gasteiger partial charge on any atom is 0.477 e. The summed E-state index contributed by atoms with van der Waals surface area (Å²) in [5.41, 5.74) is -6.33. The van der Waals surface area contributed by atoms with E-state index in [1.807, 2.05) is 0 Å². The Morgan fingerprint density at radius 2 is 1.27 bits per heavy atom. The molecule has 3 rings (SSSR count). The minimum absolute atomic E-state index is 0.0589. The van der Waals surface area contributed by atoms with Crippen LogP contribution in [-0.2, 0) is 110 Å². The summed E-state index contributed by atoms with van der Waals surface area (Å²) < 4.78 is 158. The maximum atomic E-state index is 13.7. The molecule has 3 heterocycles. The molecule has 20 unspecified atom stereocenters. The van der Waals surface area contributed by atoms with E-state index in [2.05, 4.69) is 10.6 Å². The lowest BCUT2D eigenvalue weighted by Crippen LogP contribution is -2.65. The molecule has 0 aromatic heterocycles. The average Bonchev–Trinajstić information content (AvgIpc) is 0.865. The summed E-state index contributed by atoms with van der Waals surface area (Å²) in [6.07, 6.45) is -17.9. The zero-order valence-electron chi connectivity index (χ0n) is 52.8. The SMILES string of the molecule is B[C@@H]1O[C@H](COP(=O)(O)OCC(COPOP(=O)(O)OCC(C)CC(C)(C)OC2OC(CO)C(O)C(O)C2NC(C)=O)(COC(C)OP(=O)(O)OCCC)COC(C)(C)CC(C)(C)OP(=O)(O)OCSOC2OC(CO)C(O)C(O)C2NC(C)=O)[C@@H](O[PH](=O)O)C1O. The Hall–Kier alpha value is -0.225. The topological polar surface area (TPSA) is 543 Å². The van der Waals surface area contributed by atoms with Gasteiger partial charge in [0.05, 0.1) is 87.7 Å². The molecule has 92 heavy (non-hydrogen) atoms. The monoisotopic (exact) mass is 1480 g/mol. The van der Waals surface area contributed by atoms with Gasteiger partial charge in [-0.25, -0.2) is 22.6 Å². The van der Waals surface area contributed by atoms with E-state index in [0.29, 0.717) is 18.5 Å². The molecule has 46 heteroatoms. The van der Waals surface area contributed by atoms with Crippen molar-refractivity contribution in [1.29, 1.82) is 0 Å². The fraction of sp³-hybridized carbons (Fsp3) is 0.957. The van der Waals surface area contributed by atoms with Crippen LogP contribution in [0.3, 0.4) is 0 Å². The molecule has 2 amide bonds. The Bertz CT molecular complexity index is 2510. The van der Waals surface area contributed by atoms with Crippen LogP contribution in [0, 0.1) is 11.3 Å². The van der Waals surface area contributed by atoms with Gasteiger partial charge in [-0.15, -0.1) is 0 Å². The summed E-state index contributed by atoms with van der Waals surface area (Å²) in [6.45, 7) is 9.27. The van der Waals surface area contributed by atoms with E-state index in [-0.39, 0.29) is 19.4 Å². The first kappa shape index (κ1) is 86.0. The van der Waals surface area contributed by atoms with Crippen LogP contribution in [0.25, 0.3) is 0 Å². The van der Waals surface area contributed by atoms with Gasteiger partial charge < -0.3 is 108 Å². The Morgan fingerprint density at radius 3 is 1.83 bits per heavy atom. The van der Waals surface area contributed by atoms with E-state index in [9.17, 15) is 92.6 Å².